The van der Waals surface area contributed by atoms with E-state index in [0.717, 1.165) is 25.9 Å². The minimum Gasteiger partial charge on any atom is -0.365 e. The quantitative estimate of drug-likeness (QED) is 0.470. The van der Waals surface area contributed by atoms with Crippen molar-refractivity contribution in [2.45, 2.75) is 12.8 Å². The fraction of sp³-hybridized carbons (Fsp3) is 0.400. The third-order valence-corrected chi connectivity index (χ3v) is 4.26. The second-order valence-corrected chi connectivity index (χ2v) is 5.44. The molecule has 0 N–H and O–H groups in total. The van der Waals surface area contributed by atoms with Crippen LogP contribution in [-0.2, 0) is 0 Å². The summed E-state index contributed by atoms with van der Waals surface area (Å²) >= 11 is 0. The first-order chi connectivity index (χ1) is 9.69. The predicted octanol–water partition coefficient (Wildman–Crippen LogP) is 2.87. The molecule has 0 spiro atoms. The zero-order valence-electron chi connectivity index (χ0n) is 11.0. The Kier molecular flexibility index (Phi) is 3.15. The van der Waals surface area contributed by atoms with Gasteiger partial charge in [-0.1, -0.05) is 12.2 Å². The number of nitrogens with zero attached hydrogens (tertiary/aromatic N) is 3. The third-order valence-electron chi connectivity index (χ3n) is 4.26. The first-order valence-electron chi connectivity index (χ1n) is 6.77. The van der Waals surface area contributed by atoms with Crippen molar-refractivity contribution in [1.29, 1.82) is 5.26 Å². The molecule has 1 saturated heterocycles. The number of fused-ring (bicyclic) bond motifs is 1. The Balaban J connectivity index is 1.91. The number of hydrogen-bond donors (Lipinski definition) is 0. The number of rotatable bonds is 2. The van der Waals surface area contributed by atoms with Crippen molar-refractivity contribution in [1.82, 2.24) is 0 Å². The van der Waals surface area contributed by atoms with Gasteiger partial charge in [0.25, 0.3) is 5.69 Å². The number of allylic oxidation sites excluding steroid dienone is 2. The van der Waals surface area contributed by atoms with E-state index in [1.54, 1.807) is 12.1 Å². The Morgan fingerprint density at radius 2 is 1.90 bits per heavy atom. The molecule has 0 bridgehead atoms. The molecule has 0 amide bonds. The van der Waals surface area contributed by atoms with Crippen molar-refractivity contribution < 1.29 is 4.92 Å². The summed E-state index contributed by atoms with van der Waals surface area (Å²) < 4.78 is 0. The van der Waals surface area contributed by atoms with Crippen molar-refractivity contribution in [3.05, 3.63) is 46.0 Å². The van der Waals surface area contributed by atoms with Gasteiger partial charge in [-0.05, 0) is 36.8 Å². The lowest BCUT2D eigenvalue weighted by Gasteiger charge is -2.18. The van der Waals surface area contributed by atoms with Gasteiger partial charge in [0.2, 0.25) is 0 Å². The van der Waals surface area contributed by atoms with Gasteiger partial charge in [-0.2, -0.15) is 5.26 Å². The third kappa shape index (κ3) is 2.14. The minimum absolute atomic E-state index is 0.0376. The highest BCUT2D eigenvalue weighted by atomic mass is 16.6. The molecule has 0 aromatic heterocycles. The van der Waals surface area contributed by atoms with Crippen LogP contribution in [0.15, 0.2) is 30.4 Å². The zero-order valence-corrected chi connectivity index (χ0v) is 11.0. The van der Waals surface area contributed by atoms with Gasteiger partial charge >= 0.3 is 0 Å². The van der Waals surface area contributed by atoms with Crippen LogP contribution in [0.5, 0.6) is 0 Å². The Hall–Kier alpha value is -2.35. The van der Waals surface area contributed by atoms with E-state index in [-0.39, 0.29) is 5.69 Å². The van der Waals surface area contributed by atoms with E-state index in [9.17, 15) is 10.1 Å². The number of anilines is 1. The second-order valence-electron chi connectivity index (χ2n) is 5.44. The molecule has 2 aliphatic rings. The average Bonchev–Trinajstić information content (AvgIpc) is 2.90. The highest BCUT2D eigenvalue weighted by molar-refractivity contribution is 5.66. The zero-order chi connectivity index (χ0) is 14.1. The smallest absolute Gasteiger partial charge is 0.293 e. The van der Waals surface area contributed by atoms with Crippen LogP contribution >= 0.6 is 0 Å². The summed E-state index contributed by atoms with van der Waals surface area (Å²) in [4.78, 5) is 12.9. The molecule has 0 radical (unpaired) electrons. The maximum absolute atomic E-state index is 11.2. The molecular formula is C15H15N3O2. The largest absolute Gasteiger partial charge is 0.365 e. The number of nitriles is 1. The molecule has 20 heavy (non-hydrogen) atoms. The number of hydrogen-bond acceptors (Lipinski definition) is 4. The van der Waals surface area contributed by atoms with Crippen LogP contribution in [0.1, 0.15) is 18.4 Å². The van der Waals surface area contributed by atoms with Gasteiger partial charge in [-0.25, -0.2) is 0 Å². The molecule has 5 nitrogen and oxygen atoms in total. The van der Waals surface area contributed by atoms with Gasteiger partial charge < -0.3 is 4.90 Å². The molecule has 1 fully saturated rings. The van der Waals surface area contributed by atoms with E-state index < -0.39 is 4.92 Å². The average molecular weight is 269 g/mol. The van der Waals surface area contributed by atoms with E-state index in [2.05, 4.69) is 17.1 Å². The van der Waals surface area contributed by atoms with Gasteiger partial charge in [0, 0.05) is 19.2 Å². The predicted molar refractivity (Wildman–Crippen MR) is 75.4 cm³/mol. The van der Waals surface area contributed by atoms with E-state index in [4.69, 9.17) is 5.26 Å². The van der Waals surface area contributed by atoms with Crippen molar-refractivity contribution in [3.8, 4) is 6.07 Å². The Labute approximate surface area is 117 Å². The molecule has 1 heterocycles. The summed E-state index contributed by atoms with van der Waals surface area (Å²) in [5, 5.41) is 20.1. The van der Waals surface area contributed by atoms with Gasteiger partial charge in [-0.15, -0.1) is 0 Å². The van der Waals surface area contributed by atoms with E-state index >= 15 is 0 Å². The van der Waals surface area contributed by atoms with E-state index in [0.29, 0.717) is 23.1 Å². The molecule has 1 aliphatic carbocycles. The summed E-state index contributed by atoms with van der Waals surface area (Å²) in [5.74, 6) is 1.19. The van der Waals surface area contributed by atoms with E-state index in [1.165, 1.54) is 6.07 Å². The Morgan fingerprint density at radius 3 is 2.45 bits per heavy atom. The van der Waals surface area contributed by atoms with Gasteiger partial charge in [-0.3, -0.25) is 10.1 Å². The molecular weight excluding hydrogens is 254 g/mol. The lowest BCUT2D eigenvalue weighted by atomic mass is 9.86. The second kappa shape index (κ2) is 4.97. The van der Waals surface area contributed by atoms with Crippen molar-refractivity contribution in [2.24, 2.45) is 11.8 Å². The standard InChI is InChI=1S/C15H15N3O2/c16-8-11-5-6-14(15(7-11)18(19)20)17-9-12-3-1-2-4-13(12)10-17/h1-2,5-7,12-13H,3-4,9-10H2. The van der Waals surface area contributed by atoms with Gasteiger partial charge in [0.05, 0.1) is 16.6 Å². The van der Waals surface area contributed by atoms with Crippen LogP contribution in [0, 0.1) is 33.3 Å². The summed E-state index contributed by atoms with van der Waals surface area (Å²) in [6, 6.07) is 6.69. The fourth-order valence-corrected chi connectivity index (χ4v) is 3.22. The first-order valence-corrected chi connectivity index (χ1v) is 6.77. The first kappa shape index (κ1) is 12.7. The molecule has 1 aromatic rings. The van der Waals surface area contributed by atoms with Crippen molar-refractivity contribution in [3.63, 3.8) is 0 Å². The summed E-state index contributed by atoms with van der Waals surface area (Å²) in [6.45, 7) is 1.73. The van der Waals surface area contributed by atoms with Crippen LogP contribution in [-0.4, -0.2) is 18.0 Å². The van der Waals surface area contributed by atoms with Crippen LogP contribution in [0.3, 0.4) is 0 Å². The van der Waals surface area contributed by atoms with Crippen LogP contribution in [0.2, 0.25) is 0 Å². The van der Waals surface area contributed by atoms with Gasteiger partial charge in [0.1, 0.15) is 5.69 Å². The fourth-order valence-electron chi connectivity index (χ4n) is 3.22. The maximum Gasteiger partial charge on any atom is 0.293 e. The molecule has 2 atom stereocenters. The van der Waals surface area contributed by atoms with Crippen molar-refractivity contribution >= 4 is 11.4 Å². The topological polar surface area (TPSA) is 70.2 Å². The van der Waals surface area contributed by atoms with Crippen LogP contribution in [0.4, 0.5) is 11.4 Å². The molecule has 5 heteroatoms. The number of nitro groups is 1. The normalized spacial score (nSPS) is 24.2. The molecule has 1 aliphatic heterocycles. The molecule has 2 unspecified atom stereocenters. The number of benzene rings is 1. The summed E-state index contributed by atoms with van der Waals surface area (Å²) in [5.41, 5.74) is 1.01. The number of nitro benzene ring substituents is 1. The van der Waals surface area contributed by atoms with Crippen molar-refractivity contribution in [2.75, 3.05) is 18.0 Å². The maximum atomic E-state index is 11.2. The lowest BCUT2D eigenvalue weighted by Crippen LogP contribution is -2.21. The molecule has 102 valence electrons. The molecule has 0 saturated carbocycles. The Bertz CT molecular complexity index is 602. The SMILES string of the molecule is N#Cc1ccc(N2CC3CC=CCC3C2)c([N+](=O)[O-])c1. The molecule has 1 aromatic carbocycles. The van der Waals surface area contributed by atoms with Crippen LogP contribution < -0.4 is 4.90 Å². The van der Waals surface area contributed by atoms with E-state index in [1.807, 2.05) is 6.07 Å². The van der Waals surface area contributed by atoms with Crippen LogP contribution in [0.25, 0.3) is 0 Å². The molecule has 3 rings (SSSR count). The lowest BCUT2D eigenvalue weighted by molar-refractivity contribution is -0.384. The summed E-state index contributed by atoms with van der Waals surface area (Å²) in [7, 11) is 0. The Morgan fingerprint density at radius 1 is 1.25 bits per heavy atom. The summed E-state index contributed by atoms with van der Waals surface area (Å²) in [6.07, 6.45) is 6.53. The highest BCUT2D eigenvalue weighted by Gasteiger charge is 2.35. The highest BCUT2D eigenvalue weighted by Crippen LogP contribution is 2.38. The minimum atomic E-state index is -0.392. The monoisotopic (exact) mass is 269 g/mol. The van der Waals surface area contributed by atoms with Gasteiger partial charge in [0.15, 0.2) is 0 Å².